The number of thiazole rings is 1. The molecule has 4 nitrogen and oxygen atoms in total. The first-order valence-corrected chi connectivity index (χ1v) is 11.7. The van der Waals surface area contributed by atoms with Gasteiger partial charge < -0.3 is 5.32 Å². The van der Waals surface area contributed by atoms with Crippen LogP contribution in [0.5, 0.6) is 0 Å². The maximum Gasteiger partial charge on any atom is 0.400 e. The maximum atomic E-state index is 14.3. The van der Waals surface area contributed by atoms with Gasteiger partial charge in [-0.1, -0.05) is 46.9 Å². The van der Waals surface area contributed by atoms with E-state index in [0.717, 1.165) is 5.69 Å². The fraction of sp³-hybridized carbons (Fsp3) is 0.227. The molecule has 4 rings (SSSR count). The Morgan fingerprint density at radius 3 is 2.36 bits per heavy atom. The lowest BCUT2D eigenvalue weighted by atomic mass is 9.76. The number of halogens is 6. The summed E-state index contributed by atoms with van der Waals surface area (Å²) in [5.74, 6) is -0.307. The lowest BCUT2D eigenvalue weighted by molar-refractivity contribution is -0.183. The second kappa shape index (κ2) is 9.25. The number of hydrogen-bond donors (Lipinski definition) is 1. The molecule has 1 unspecified atom stereocenters. The fourth-order valence-corrected chi connectivity index (χ4v) is 4.77. The predicted molar refractivity (Wildman–Crippen MR) is 125 cm³/mol. The first-order valence-electron chi connectivity index (χ1n) is 9.61. The molecule has 0 bridgehead atoms. The molecule has 1 aliphatic rings. The summed E-state index contributed by atoms with van der Waals surface area (Å²) in [4.78, 5) is 20.6. The van der Waals surface area contributed by atoms with Crippen molar-refractivity contribution in [1.82, 2.24) is 10.3 Å². The monoisotopic (exact) mass is 531 g/mol. The average Bonchev–Trinajstić information content (AvgIpc) is 3.46. The van der Waals surface area contributed by atoms with Gasteiger partial charge in [-0.15, -0.1) is 11.3 Å². The van der Waals surface area contributed by atoms with Crippen molar-refractivity contribution >= 4 is 57.8 Å². The Labute approximate surface area is 206 Å². The molecule has 11 heteroatoms. The number of alkyl halides is 3. The summed E-state index contributed by atoms with van der Waals surface area (Å²) in [6, 6.07) is 8.67. The van der Waals surface area contributed by atoms with Crippen LogP contribution in [-0.2, 0) is 12.0 Å². The van der Waals surface area contributed by atoms with E-state index in [1.54, 1.807) is 29.8 Å². The van der Waals surface area contributed by atoms with E-state index in [1.807, 2.05) is 5.38 Å². The predicted octanol–water partition coefficient (Wildman–Crippen LogP) is 6.73. The standard InChI is InChI=1S/C22H15Cl3F3N3OS/c23-16-5-14(6-17(24)19(16)25)21(22(26,27)28)7-18(30-10-21)12-1-3-13(4-2-12)20(32)29-8-15-9-33-11-31-15/h1-6,9,11H,7-8,10H2,(H,29,32). The van der Waals surface area contributed by atoms with Crippen LogP contribution in [0.4, 0.5) is 13.2 Å². The normalized spacial score (nSPS) is 18.3. The Morgan fingerprint density at radius 2 is 1.79 bits per heavy atom. The highest BCUT2D eigenvalue weighted by Crippen LogP contribution is 2.49. The van der Waals surface area contributed by atoms with Crippen molar-refractivity contribution in [2.75, 3.05) is 6.54 Å². The van der Waals surface area contributed by atoms with E-state index >= 15 is 0 Å². The number of nitrogens with zero attached hydrogens (tertiary/aromatic N) is 2. The minimum absolute atomic E-state index is 0.00203. The number of rotatable bonds is 5. The molecule has 3 aromatic rings. The molecular formula is C22H15Cl3F3N3OS. The minimum atomic E-state index is -4.60. The molecule has 1 amide bonds. The van der Waals surface area contributed by atoms with Crippen LogP contribution in [0.2, 0.25) is 15.1 Å². The molecule has 1 aliphatic heterocycles. The molecule has 0 aliphatic carbocycles. The number of nitrogens with one attached hydrogen (secondary N) is 1. The Morgan fingerprint density at radius 1 is 1.12 bits per heavy atom. The van der Waals surface area contributed by atoms with Crippen molar-refractivity contribution in [2.45, 2.75) is 24.6 Å². The van der Waals surface area contributed by atoms with Crippen molar-refractivity contribution in [3.63, 3.8) is 0 Å². The van der Waals surface area contributed by atoms with Crippen molar-refractivity contribution < 1.29 is 18.0 Å². The van der Waals surface area contributed by atoms with Crippen molar-refractivity contribution in [2.24, 2.45) is 4.99 Å². The maximum absolute atomic E-state index is 14.3. The van der Waals surface area contributed by atoms with E-state index in [0.29, 0.717) is 11.1 Å². The molecule has 0 fully saturated rings. The SMILES string of the molecule is O=C(NCc1cscn1)c1ccc(C2=NCC(c3cc(Cl)c(Cl)c(Cl)c3)(C(F)(F)F)C2)cc1. The molecule has 1 atom stereocenters. The van der Waals surface area contributed by atoms with E-state index in [1.165, 1.54) is 23.5 Å². The number of aliphatic imine (C=N–C) groups is 1. The molecule has 33 heavy (non-hydrogen) atoms. The summed E-state index contributed by atoms with van der Waals surface area (Å²) in [5.41, 5.74) is 1.22. The van der Waals surface area contributed by atoms with Gasteiger partial charge in [0.2, 0.25) is 0 Å². The highest BCUT2D eigenvalue weighted by Gasteiger charge is 2.58. The van der Waals surface area contributed by atoms with Gasteiger partial charge in [-0.2, -0.15) is 13.2 Å². The molecule has 172 valence electrons. The van der Waals surface area contributed by atoms with E-state index in [9.17, 15) is 18.0 Å². The van der Waals surface area contributed by atoms with Crippen LogP contribution in [0, 0.1) is 0 Å². The summed E-state index contributed by atoms with van der Waals surface area (Å²) in [5, 5.41) is 4.48. The van der Waals surface area contributed by atoms with Crippen LogP contribution < -0.4 is 5.32 Å². The summed E-state index contributed by atoms with van der Waals surface area (Å²) in [7, 11) is 0. The van der Waals surface area contributed by atoms with Crippen LogP contribution in [0.3, 0.4) is 0 Å². The zero-order valence-electron chi connectivity index (χ0n) is 16.7. The number of carbonyl (C=O) groups is 1. The molecule has 1 aromatic heterocycles. The van der Waals surface area contributed by atoms with Gasteiger partial charge in [-0.3, -0.25) is 9.79 Å². The Bertz CT molecular complexity index is 1190. The summed E-state index contributed by atoms with van der Waals surface area (Å²) in [6.45, 7) is -0.215. The lowest BCUT2D eigenvalue weighted by Gasteiger charge is -2.32. The quantitative estimate of drug-likeness (QED) is 0.371. The van der Waals surface area contributed by atoms with Gasteiger partial charge in [0.25, 0.3) is 5.91 Å². The highest BCUT2D eigenvalue weighted by molar-refractivity contribution is 7.07. The number of benzene rings is 2. The second-order valence-electron chi connectivity index (χ2n) is 7.51. The lowest BCUT2D eigenvalue weighted by Crippen LogP contribution is -2.43. The highest BCUT2D eigenvalue weighted by atomic mass is 35.5. The third-order valence-corrected chi connectivity index (χ3v) is 7.31. The molecule has 0 saturated heterocycles. The zero-order chi connectivity index (χ0) is 23.8. The fourth-order valence-electron chi connectivity index (χ4n) is 3.61. The molecule has 0 saturated carbocycles. The molecular weight excluding hydrogens is 518 g/mol. The van der Waals surface area contributed by atoms with Gasteiger partial charge in [0.05, 0.1) is 39.4 Å². The first-order chi connectivity index (χ1) is 15.6. The van der Waals surface area contributed by atoms with Crippen LogP contribution in [0.25, 0.3) is 0 Å². The van der Waals surface area contributed by atoms with Crippen molar-refractivity contribution in [3.05, 3.63) is 84.7 Å². The summed E-state index contributed by atoms with van der Waals surface area (Å²) >= 11 is 19.4. The van der Waals surface area contributed by atoms with Crippen LogP contribution in [0.1, 0.15) is 33.6 Å². The second-order valence-corrected chi connectivity index (χ2v) is 9.42. The Kier molecular flexibility index (Phi) is 6.73. The van der Waals surface area contributed by atoms with Gasteiger partial charge in [-0.25, -0.2) is 4.98 Å². The Balaban J connectivity index is 1.54. The minimum Gasteiger partial charge on any atom is -0.346 e. The topological polar surface area (TPSA) is 54.4 Å². The summed E-state index contributed by atoms with van der Waals surface area (Å²) in [6.07, 6.45) is -4.99. The number of amides is 1. The number of carbonyl (C=O) groups excluding carboxylic acids is 1. The number of hydrogen-bond acceptors (Lipinski definition) is 4. The third-order valence-electron chi connectivity index (χ3n) is 5.48. The molecule has 2 heterocycles. The van der Waals surface area contributed by atoms with Gasteiger partial charge in [0.1, 0.15) is 5.41 Å². The van der Waals surface area contributed by atoms with Gasteiger partial charge in [-0.05, 0) is 35.4 Å². The van der Waals surface area contributed by atoms with Crippen LogP contribution in [-0.4, -0.2) is 29.3 Å². The molecule has 2 aromatic carbocycles. The van der Waals surface area contributed by atoms with Gasteiger partial charge >= 0.3 is 6.18 Å². The molecule has 0 radical (unpaired) electrons. The smallest absolute Gasteiger partial charge is 0.346 e. The van der Waals surface area contributed by atoms with Crippen LogP contribution >= 0.6 is 46.1 Å². The van der Waals surface area contributed by atoms with Gasteiger partial charge in [0.15, 0.2) is 0 Å². The van der Waals surface area contributed by atoms with Crippen molar-refractivity contribution in [1.29, 1.82) is 0 Å². The first kappa shape index (κ1) is 24.0. The zero-order valence-corrected chi connectivity index (χ0v) is 19.8. The largest absolute Gasteiger partial charge is 0.400 e. The number of aromatic nitrogens is 1. The molecule has 0 spiro atoms. The van der Waals surface area contributed by atoms with Gasteiger partial charge in [0, 0.05) is 23.1 Å². The average molecular weight is 533 g/mol. The van der Waals surface area contributed by atoms with E-state index < -0.39 is 18.1 Å². The summed E-state index contributed by atoms with van der Waals surface area (Å²) < 4.78 is 42.8. The Hall–Kier alpha value is -2.13. The van der Waals surface area contributed by atoms with Crippen LogP contribution in [0.15, 0.2) is 52.3 Å². The van der Waals surface area contributed by atoms with E-state index in [2.05, 4.69) is 15.3 Å². The van der Waals surface area contributed by atoms with Crippen molar-refractivity contribution in [3.8, 4) is 0 Å². The third kappa shape index (κ3) is 4.75. The molecule has 1 N–H and O–H groups in total. The van der Waals surface area contributed by atoms with E-state index in [4.69, 9.17) is 34.8 Å². The van der Waals surface area contributed by atoms with E-state index in [-0.39, 0.29) is 45.2 Å².